The van der Waals surface area contributed by atoms with Gasteiger partial charge in [-0.2, -0.15) is 13.2 Å². The number of nitrogens with one attached hydrogen (secondary N) is 1. The third kappa shape index (κ3) is 4.13. The van der Waals surface area contributed by atoms with Crippen molar-refractivity contribution >= 4 is 5.91 Å². The highest BCUT2D eigenvalue weighted by atomic mass is 19.4. The molecule has 0 aliphatic carbocycles. The van der Waals surface area contributed by atoms with Crippen LogP contribution in [0.3, 0.4) is 0 Å². The Morgan fingerprint density at radius 1 is 1.17 bits per heavy atom. The van der Waals surface area contributed by atoms with Crippen LogP contribution in [0.4, 0.5) is 13.2 Å². The summed E-state index contributed by atoms with van der Waals surface area (Å²) >= 11 is 0. The highest BCUT2D eigenvalue weighted by Crippen LogP contribution is 2.18. The summed E-state index contributed by atoms with van der Waals surface area (Å²) < 4.78 is 36.3. The third-order valence-electron chi connectivity index (χ3n) is 3.30. The molecule has 7 heteroatoms. The summed E-state index contributed by atoms with van der Waals surface area (Å²) in [6.45, 7) is 7.04. The Morgan fingerprint density at radius 2 is 1.67 bits per heavy atom. The number of likely N-dealkylation sites (N-methyl/N-ethyl adjacent to an activating group) is 1. The molecule has 0 aromatic heterocycles. The van der Waals surface area contributed by atoms with Gasteiger partial charge in [0, 0.05) is 38.3 Å². The first-order valence-electron chi connectivity index (χ1n) is 5.91. The van der Waals surface area contributed by atoms with Crippen molar-refractivity contribution in [1.29, 1.82) is 0 Å². The van der Waals surface area contributed by atoms with E-state index < -0.39 is 17.6 Å². The maximum atomic E-state index is 12.1. The number of halogens is 3. The molecule has 0 atom stereocenters. The van der Waals surface area contributed by atoms with Crippen molar-refractivity contribution in [2.24, 2.45) is 0 Å². The van der Waals surface area contributed by atoms with Crippen molar-refractivity contribution in [3.63, 3.8) is 0 Å². The van der Waals surface area contributed by atoms with Gasteiger partial charge in [-0.1, -0.05) is 0 Å². The molecule has 0 aromatic carbocycles. The van der Waals surface area contributed by atoms with Crippen LogP contribution in [0.15, 0.2) is 0 Å². The Balaban J connectivity index is 2.47. The van der Waals surface area contributed by atoms with E-state index in [2.05, 4.69) is 9.80 Å². The molecule has 0 radical (unpaired) electrons. The van der Waals surface area contributed by atoms with Gasteiger partial charge in [-0.05, 0) is 20.9 Å². The van der Waals surface area contributed by atoms with Crippen LogP contribution in [0.5, 0.6) is 0 Å². The second kappa shape index (κ2) is 5.44. The van der Waals surface area contributed by atoms with E-state index in [1.807, 2.05) is 26.2 Å². The van der Waals surface area contributed by atoms with Crippen molar-refractivity contribution < 1.29 is 18.0 Å². The SMILES string of the molecule is CN1CCN(C(C)(C)CNC(=O)C(F)(F)F)CC1. The highest BCUT2D eigenvalue weighted by molar-refractivity contribution is 5.81. The standard InChI is InChI=1S/C11H20F3N3O/c1-10(2,8-15-9(18)11(12,13)14)17-6-4-16(3)5-7-17/h4-8H2,1-3H3,(H,15,18). The van der Waals surface area contributed by atoms with E-state index >= 15 is 0 Å². The fourth-order valence-corrected chi connectivity index (χ4v) is 1.92. The largest absolute Gasteiger partial charge is 0.471 e. The van der Waals surface area contributed by atoms with Gasteiger partial charge in [0.1, 0.15) is 0 Å². The maximum Gasteiger partial charge on any atom is 0.471 e. The Bertz CT molecular complexity index is 296. The van der Waals surface area contributed by atoms with Crippen LogP contribution in [-0.2, 0) is 4.79 Å². The van der Waals surface area contributed by atoms with Crippen LogP contribution in [0.25, 0.3) is 0 Å². The lowest BCUT2D eigenvalue weighted by atomic mass is 10.0. The normalized spacial score (nSPS) is 19.9. The van der Waals surface area contributed by atoms with E-state index in [4.69, 9.17) is 0 Å². The quantitative estimate of drug-likeness (QED) is 0.817. The van der Waals surface area contributed by atoms with E-state index in [-0.39, 0.29) is 6.54 Å². The smallest absolute Gasteiger partial charge is 0.346 e. The van der Waals surface area contributed by atoms with Crippen LogP contribution in [0, 0.1) is 0 Å². The highest BCUT2D eigenvalue weighted by Gasteiger charge is 2.40. The molecule has 1 N–H and O–H groups in total. The van der Waals surface area contributed by atoms with Crippen molar-refractivity contribution in [2.75, 3.05) is 39.8 Å². The molecule has 1 amide bonds. The van der Waals surface area contributed by atoms with Crippen molar-refractivity contribution in [3.05, 3.63) is 0 Å². The van der Waals surface area contributed by atoms with Gasteiger partial charge in [0.25, 0.3) is 0 Å². The predicted molar refractivity (Wildman–Crippen MR) is 62.2 cm³/mol. The van der Waals surface area contributed by atoms with E-state index in [0.29, 0.717) is 0 Å². The minimum absolute atomic E-state index is 0.00490. The van der Waals surface area contributed by atoms with Crippen LogP contribution >= 0.6 is 0 Å². The molecule has 0 aromatic rings. The fraction of sp³-hybridized carbons (Fsp3) is 0.909. The van der Waals surface area contributed by atoms with E-state index in [9.17, 15) is 18.0 Å². The lowest BCUT2D eigenvalue weighted by Gasteiger charge is -2.43. The van der Waals surface area contributed by atoms with Crippen molar-refractivity contribution in [1.82, 2.24) is 15.1 Å². The van der Waals surface area contributed by atoms with Gasteiger partial charge in [0.2, 0.25) is 0 Å². The van der Waals surface area contributed by atoms with Gasteiger partial charge in [-0.3, -0.25) is 9.69 Å². The zero-order chi connectivity index (χ0) is 14.0. The molecular formula is C11H20F3N3O. The number of hydrogen-bond donors (Lipinski definition) is 1. The first-order chi connectivity index (χ1) is 8.13. The van der Waals surface area contributed by atoms with Crippen LogP contribution in [-0.4, -0.2) is 67.2 Å². The fourth-order valence-electron chi connectivity index (χ4n) is 1.92. The van der Waals surface area contributed by atoms with Gasteiger partial charge >= 0.3 is 12.1 Å². The van der Waals surface area contributed by atoms with E-state index in [1.54, 1.807) is 0 Å². The number of hydrogen-bond acceptors (Lipinski definition) is 3. The zero-order valence-electron chi connectivity index (χ0n) is 11.0. The molecule has 0 spiro atoms. The molecule has 18 heavy (non-hydrogen) atoms. The first kappa shape index (κ1) is 15.2. The molecule has 1 fully saturated rings. The molecule has 0 saturated carbocycles. The summed E-state index contributed by atoms with van der Waals surface area (Å²) in [6, 6.07) is 0. The molecular weight excluding hydrogens is 247 g/mol. The molecule has 0 bridgehead atoms. The number of carbonyl (C=O) groups excluding carboxylic acids is 1. The predicted octanol–water partition coefficient (Wildman–Crippen LogP) is 0.691. The van der Waals surface area contributed by atoms with Crippen molar-refractivity contribution in [3.8, 4) is 0 Å². The van der Waals surface area contributed by atoms with Crippen LogP contribution < -0.4 is 5.32 Å². The first-order valence-corrected chi connectivity index (χ1v) is 5.91. The molecule has 1 aliphatic heterocycles. The third-order valence-corrected chi connectivity index (χ3v) is 3.30. The second-order valence-corrected chi connectivity index (χ2v) is 5.28. The van der Waals surface area contributed by atoms with E-state index in [1.165, 1.54) is 0 Å². The second-order valence-electron chi connectivity index (χ2n) is 5.28. The maximum absolute atomic E-state index is 12.1. The Hall–Kier alpha value is -0.820. The lowest BCUT2D eigenvalue weighted by molar-refractivity contribution is -0.174. The van der Waals surface area contributed by atoms with Gasteiger partial charge in [0.05, 0.1) is 0 Å². The summed E-state index contributed by atoms with van der Waals surface area (Å²) in [5, 5.41) is 1.95. The van der Waals surface area contributed by atoms with Crippen LogP contribution in [0.1, 0.15) is 13.8 Å². The molecule has 1 aliphatic rings. The number of amides is 1. The average molecular weight is 267 g/mol. The Kier molecular flexibility index (Phi) is 4.61. The monoisotopic (exact) mass is 267 g/mol. The molecule has 1 rings (SSSR count). The topological polar surface area (TPSA) is 35.6 Å². The van der Waals surface area contributed by atoms with Crippen molar-refractivity contribution in [2.45, 2.75) is 25.6 Å². The minimum atomic E-state index is -4.81. The summed E-state index contributed by atoms with van der Waals surface area (Å²) in [4.78, 5) is 15.1. The Labute approximate surface area is 105 Å². The molecule has 106 valence electrons. The molecule has 1 saturated heterocycles. The number of rotatable bonds is 3. The molecule has 1 heterocycles. The zero-order valence-corrected chi connectivity index (χ0v) is 11.0. The Morgan fingerprint density at radius 3 is 2.11 bits per heavy atom. The summed E-state index contributed by atoms with van der Waals surface area (Å²) in [5.74, 6) is -1.87. The number of alkyl halides is 3. The van der Waals surface area contributed by atoms with Gasteiger partial charge < -0.3 is 10.2 Å². The number of piperazine rings is 1. The molecule has 0 unspecified atom stereocenters. The van der Waals surface area contributed by atoms with Gasteiger partial charge in [-0.25, -0.2) is 0 Å². The minimum Gasteiger partial charge on any atom is -0.346 e. The van der Waals surface area contributed by atoms with Gasteiger partial charge in [-0.15, -0.1) is 0 Å². The van der Waals surface area contributed by atoms with Gasteiger partial charge in [0.15, 0.2) is 0 Å². The van der Waals surface area contributed by atoms with Crippen LogP contribution in [0.2, 0.25) is 0 Å². The summed E-state index contributed by atoms with van der Waals surface area (Å²) in [7, 11) is 2.01. The summed E-state index contributed by atoms with van der Waals surface area (Å²) in [6.07, 6.45) is -4.81. The number of nitrogens with zero attached hydrogens (tertiary/aromatic N) is 2. The van der Waals surface area contributed by atoms with E-state index in [0.717, 1.165) is 26.2 Å². The summed E-state index contributed by atoms with van der Waals surface area (Å²) in [5.41, 5.74) is -0.470. The average Bonchev–Trinajstić information content (AvgIpc) is 2.25. The number of carbonyl (C=O) groups is 1. The lowest BCUT2D eigenvalue weighted by Crippen LogP contribution is -2.58. The molecule has 4 nitrogen and oxygen atoms in total.